The zero-order valence-electron chi connectivity index (χ0n) is 10.2. The molecular formula is C12H13FN4O2. The quantitative estimate of drug-likeness (QED) is 0.770. The number of carbonyl (C=O) groups is 1. The van der Waals surface area contributed by atoms with Crippen LogP contribution in [0, 0.1) is 5.82 Å². The molecule has 0 bridgehead atoms. The number of ether oxygens (including phenoxy) is 1. The first-order valence-corrected chi connectivity index (χ1v) is 5.52. The van der Waals surface area contributed by atoms with Crippen LogP contribution in [0.15, 0.2) is 24.4 Å². The molecular weight excluding hydrogens is 251 g/mol. The highest BCUT2D eigenvalue weighted by Crippen LogP contribution is 2.21. The van der Waals surface area contributed by atoms with E-state index in [1.165, 1.54) is 31.5 Å². The van der Waals surface area contributed by atoms with E-state index in [-0.39, 0.29) is 17.9 Å². The number of nitrogens with one attached hydrogen (secondary N) is 2. The largest absolute Gasteiger partial charge is 0.496 e. The molecule has 0 unspecified atom stereocenters. The van der Waals surface area contributed by atoms with Crippen LogP contribution in [0.3, 0.4) is 0 Å². The summed E-state index contributed by atoms with van der Waals surface area (Å²) in [6.45, 7) is 0.151. The summed E-state index contributed by atoms with van der Waals surface area (Å²) in [7, 11) is 1.37. The molecule has 1 heterocycles. The monoisotopic (exact) mass is 264 g/mol. The van der Waals surface area contributed by atoms with Gasteiger partial charge in [-0.3, -0.25) is 9.89 Å². The van der Waals surface area contributed by atoms with Crippen LogP contribution in [0.2, 0.25) is 0 Å². The minimum Gasteiger partial charge on any atom is -0.496 e. The van der Waals surface area contributed by atoms with Crippen molar-refractivity contribution in [1.82, 2.24) is 15.5 Å². The summed E-state index contributed by atoms with van der Waals surface area (Å²) in [5.74, 6) is -0.675. The number of rotatable bonds is 4. The molecule has 6 nitrogen and oxygen atoms in total. The van der Waals surface area contributed by atoms with Crippen LogP contribution in [0.5, 0.6) is 5.75 Å². The maximum absolute atomic E-state index is 13.6. The van der Waals surface area contributed by atoms with Gasteiger partial charge in [0.2, 0.25) is 0 Å². The van der Waals surface area contributed by atoms with Crippen molar-refractivity contribution in [3.63, 3.8) is 0 Å². The number of hydrogen-bond donors (Lipinski definition) is 3. The lowest BCUT2D eigenvalue weighted by atomic mass is 10.1. The molecule has 0 saturated carbocycles. The molecule has 19 heavy (non-hydrogen) atoms. The number of nitrogens with zero attached hydrogens (tertiary/aromatic N) is 1. The molecule has 7 heteroatoms. The van der Waals surface area contributed by atoms with Gasteiger partial charge in [-0.2, -0.15) is 5.10 Å². The minimum absolute atomic E-state index is 0.132. The van der Waals surface area contributed by atoms with Gasteiger partial charge in [-0.1, -0.05) is 6.07 Å². The minimum atomic E-state index is -0.642. The molecule has 0 fully saturated rings. The molecule has 0 spiro atoms. The lowest BCUT2D eigenvalue weighted by Crippen LogP contribution is -2.24. The van der Waals surface area contributed by atoms with Crippen LogP contribution < -0.4 is 15.8 Å². The van der Waals surface area contributed by atoms with Crippen molar-refractivity contribution < 1.29 is 13.9 Å². The highest BCUT2D eigenvalue weighted by atomic mass is 19.1. The number of aromatic amines is 1. The van der Waals surface area contributed by atoms with Gasteiger partial charge in [0.25, 0.3) is 5.91 Å². The van der Waals surface area contributed by atoms with E-state index in [1.807, 2.05) is 0 Å². The Morgan fingerprint density at radius 1 is 1.58 bits per heavy atom. The predicted octanol–water partition coefficient (Wildman–Crippen LogP) is 1.07. The third-order valence-electron chi connectivity index (χ3n) is 2.61. The number of halogens is 1. The number of methoxy groups -OCH3 is 1. The number of anilines is 1. The van der Waals surface area contributed by atoms with E-state index < -0.39 is 11.7 Å². The summed E-state index contributed by atoms with van der Waals surface area (Å²) < 4.78 is 18.6. The molecule has 0 aliphatic rings. The van der Waals surface area contributed by atoms with Crippen molar-refractivity contribution >= 4 is 11.7 Å². The highest BCUT2D eigenvalue weighted by Gasteiger charge is 2.17. The summed E-state index contributed by atoms with van der Waals surface area (Å²) in [6.07, 6.45) is 1.49. The van der Waals surface area contributed by atoms with Crippen LogP contribution in [-0.2, 0) is 6.54 Å². The maximum atomic E-state index is 13.6. The highest BCUT2D eigenvalue weighted by molar-refractivity contribution is 5.97. The summed E-state index contributed by atoms with van der Waals surface area (Å²) in [5.41, 5.74) is 6.08. The van der Waals surface area contributed by atoms with Crippen molar-refractivity contribution in [2.24, 2.45) is 0 Å². The van der Waals surface area contributed by atoms with E-state index in [0.29, 0.717) is 11.4 Å². The molecule has 0 radical (unpaired) electrons. The van der Waals surface area contributed by atoms with E-state index in [4.69, 9.17) is 10.5 Å². The lowest BCUT2D eigenvalue weighted by Gasteiger charge is -2.09. The average molecular weight is 264 g/mol. The second kappa shape index (κ2) is 5.38. The Bertz CT molecular complexity index is 597. The van der Waals surface area contributed by atoms with Crippen molar-refractivity contribution in [1.29, 1.82) is 0 Å². The fourth-order valence-electron chi connectivity index (χ4n) is 1.62. The number of benzene rings is 1. The molecule has 1 amide bonds. The SMILES string of the molecule is COc1cccc(F)c1C(=O)NCc1cn[nH]c1N. The second-order valence-corrected chi connectivity index (χ2v) is 3.81. The molecule has 0 aliphatic heterocycles. The molecule has 0 saturated heterocycles. The molecule has 100 valence electrons. The van der Waals surface area contributed by atoms with Crippen LogP contribution in [0.1, 0.15) is 15.9 Å². The Morgan fingerprint density at radius 2 is 2.37 bits per heavy atom. The van der Waals surface area contributed by atoms with E-state index in [0.717, 1.165) is 0 Å². The van der Waals surface area contributed by atoms with Crippen molar-refractivity contribution in [3.8, 4) is 5.75 Å². The van der Waals surface area contributed by atoms with Gasteiger partial charge >= 0.3 is 0 Å². The van der Waals surface area contributed by atoms with Crippen LogP contribution >= 0.6 is 0 Å². The van der Waals surface area contributed by atoms with Crippen LogP contribution in [0.25, 0.3) is 0 Å². The Balaban J connectivity index is 2.14. The molecule has 1 aromatic carbocycles. The number of carbonyl (C=O) groups excluding carboxylic acids is 1. The van der Waals surface area contributed by atoms with Crippen LogP contribution in [0.4, 0.5) is 10.2 Å². The molecule has 4 N–H and O–H groups in total. The van der Waals surface area contributed by atoms with Crippen LogP contribution in [-0.4, -0.2) is 23.2 Å². The topological polar surface area (TPSA) is 93.0 Å². The fraction of sp³-hybridized carbons (Fsp3) is 0.167. The van der Waals surface area contributed by atoms with E-state index in [1.54, 1.807) is 0 Å². The number of nitrogen functional groups attached to an aromatic ring is 1. The molecule has 0 aliphatic carbocycles. The van der Waals surface area contributed by atoms with Crippen molar-refractivity contribution in [3.05, 3.63) is 41.3 Å². The zero-order chi connectivity index (χ0) is 13.8. The van der Waals surface area contributed by atoms with Gasteiger partial charge < -0.3 is 15.8 Å². The Morgan fingerprint density at radius 3 is 3.00 bits per heavy atom. The standard InChI is InChI=1S/C12H13FN4O2/c1-19-9-4-2-3-8(13)10(9)12(18)15-5-7-6-16-17-11(7)14/h2-4,6H,5H2,1H3,(H,15,18)(H3,14,16,17). The van der Waals surface area contributed by atoms with Gasteiger partial charge in [-0.25, -0.2) is 4.39 Å². The number of aromatic nitrogens is 2. The maximum Gasteiger partial charge on any atom is 0.258 e. The number of nitrogens with two attached hydrogens (primary N) is 1. The van der Waals surface area contributed by atoms with E-state index in [2.05, 4.69) is 15.5 Å². The summed E-state index contributed by atoms with van der Waals surface area (Å²) in [5, 5.41) is 8.83. The Hall–Kier alpha value is -2.57. The Labute approximate surface area is 108 Å². The summed E-state index contributed by atoms with van der Waals surface area (Å²) in [4.78, 5) is 11.9. The Kier molecular flexibility index (Phi) is 3.65. The van der Waals surface area contributed by atoms with Gasteiger partial charge in [0.05, 0.1) is 13.3 Å². The summed E-state index contributed by atoms with van der Waals surface area (Å²) in [6, 6.07) is 4.19. The van der Waals surface area contributed by atoms with Crippen molar-refractivity contribution in [2.45, 2.75) is 6.54 Å². The smallest absolute Gasteiger partial charge is 0.258 e. The van der Waals surface area contributed by atoms with Gasteiger partial charge in [0, 0.05) is 12.1 Å². The van der Waals surface area contributed by atoms with Gasteiger partial charge in [0.1, 0.15) is 22.9 Å². The fourth-order valence-corrected chi connectivity index (χ4v) is 1.62. The normalized spacial score (nSPS) is 10.2. The van der Waals surface area contributed by atoms with Gasteiger partial charge in [-0.05, 0) is 12.1 Å². The molecule has 1 aromatic heterocycles. The first-order valence-electron chi connectivity index (χ1n) is 5.52. The number of H-pyrrole nitrogens is 1. The number of hydrogen-bond acceptors (Lipinski definition) is 4. The van der Waals surface area contributed by atoms with E-state index in [9.17, 15) is 9.18 Å². The summed E-state index contributed by atoms with van der Waals surface area (Å²) >= 11 is 0. The molecule has 2 aromatic rings. The third kappa shape index (κ3) is 2.65. The van der Waals surface area contributed by atoms with Gasteiger partial charge in [0.15, 0.2) is 0 Å². The second-order valence-electron chi connectivity index (χ2n) is 3.81. The van der Waals surface area contributed by atoms with Gasteiger partial charge in [-0.15, -0.1) is 0 Å². The van der Waals surface area contributed by atoms with E-state index >= 15 is 0 Å². The third-order valence-corrected chi connectivity index (χ3v) is 2.61. The molecule has 2 rings (SSSR count). The molecule has 0 atom stereocenters. The first kappa shape index (κ1) is 12.9. The zero-order valence-corrected chi connectivity index (χ0v) is 10.2. The van der Waals surface area contributed by atoms with Crippen molar-refractivity contribution in [2.75, 3.05) is 12.8 Å². The first-order chi connectivity index (χ1) is 9.13. The lowest BCUT2D eigenvalue weighted by molar-refractivity contribution is 0.0943. The predicted molar refractivity (Wildman–Crippen MR) is 67.1 cm³/mol. The average Bonchev–Trinajstić information content (AvgIpc) is 2.81. The number of amides is 1.